The fraction of sp³-hybridized carbons (Fsp3) is 0.400. The monoisotopic (exact) mass is 453 g/mol. The molecule has 0 radical (unpaired) electrons. The van der Waals surface area contributed by atoms with Gasteiger partial charge in [0.1, 0.15) is 10.6 Å². The Labute approximate surface area is 181 Å². The van der Waals surface area contributed by atoms with Gasteiger partial charge in [-0.3, -0.25) is 4.79 Å². The third-order valence-corrected chi connectivity index (χ3v) is 6.32. The average Bonchev–Trinajstić information content (AvgIpc) is 3.25. The number of benzene rings is 1. The summed E-state index contributed by atoms with van der Waals surface area (Å²) in [6.45, 7) is 4.20. The summed E-state index contributed by atoms with van der Waals surface area (Å²) in [5.41, 5.74) is 1.53. The van der Waals surface area contributed by atoms with Crippen LogP contribution in [0.15, 0.2) is 39.9 Å². The predicted molar refractivity (Wildman–Crippen MR) is 116 cm³/mol. The molecule has 164 valence electrons. The Kier molecular flexibility index (Phi) is 8.67. The Balaban J connectivity index is 2.24. The maximum absolute atomic E-state index is 12.7. The van der Waals surface area contributed by atoms with Gasteiger partial charge in [0.2, 0.25) is 5.91 Å². The summed E-state index contributed by atoms with van der Waals surface area (Å²) in [4.78, 5) is 23.9. The fourth-order valence-electron chi connectivity index (χ4n) is 2.76. The van der Waals surface area contributed by atoms with E-state index in [4.69, 9.17) is 4.74 Å². The number of nitrogens with one attached hydrogen (secondary N) is 3. The van der Waals surface area contributed by atoms with Crippen LogP contribution in [0.1, 0.15) is 43.9 Å². The van der Waals surface area contributed by atoms with Crippen molar-refractivity contribution < 1.29 is 22.7 Å². The van der Waals surface area contributed by atoms with Crippen LogP contribution < -0.4 is 20.1 Å². The van der Waals surface area contributed by atoms with Crippen LogP contribution in [-0.4, -0.2) is 34.0 Å². The van der Waals surface area contributed by atoms with Crippen LogP contribution in [0.4, 0.5) is 4.79 Å². The highest BCUT2D eigenvalue weighted by Crippen LogP contribution is 2.26. The number of thiophene rings is 1. The number of carbonyl (C=O) groups excluding carboxylic acids is 2. The van der Waals surface area contributed by atoms with Crippen LogP contribution in [0.3, 0.4) is 0 Å². The first-order valence-electron chi connectivity index (χ1n) is 9.62. The molecule has 1 aromatic carbocycles. The molecule has 2 rings (SSSR count). The zero-order valence-corrected chi connectivity index (χ0v) is 18.9. The SMILES string of the molecule is CCCOc1ccc(CC(=O)NC(CC)c2ccsc2)cc1S(=O)(=O)NC(=O)NC. The van der Waals surface area contributed by atoms with Gasteiger partial charge in [0.25, 0.3) is 10.0 Å². The number of amides is 3. The normalized spacial score (nSPS) is 12.1. The van der Waals surface area contributed by atoms with Crippen molar-refractivity contribution in [1.82, 2.24) is 15.4 Å². The molecular formula is C20H27N3O5S2. The van der Waals surface area contributed by atoms with E-state index in [2.05, 4.69) is 10.6 Å². The molecule has 8 nitrogen and oxygen atoms in total. The molecule has 0 aliphatic rings. The molecule has 3 amide bonds. The van der Waals surface area contributed by atoms with Crippen molar-refractivity contribution in [2.75, 3.05) is 13.7 Å². The molecule has 0 aliphatic carbocycles. The van der Waals surface area contributed by atoms with Crippen molar-refractivity contribution in [2.45, 2.75) is 44.0 Å². The van der Waals surface area contributed by atoms with Crippen LogP contribution in [0.5, 0.6) is 5.75 Å². The molecule has 1 heterocycles. The first-order chi connectivity index (χ1) is 14.3. The van der Waals surface area contributed by atoms with Gasteiger partial charge < -0.3 is 15.4 Å². The number of rotatable bonds is 10. The van der Waals surface area contributed by atoms with Gasteiger partial charge in [-0.1, -0.05) is 19.9 Å². The van der Waals surface area contributed by atoms with E-state index in [1.807, 2.05) is 35.4 Å². The average molecular weight is 454 g/mol. The van der Waals surface area contributed by atoms with Crippen LogP contribution >= 0.6 is 11.3 Å². The molecule has 0 saturated carbocycles. The highest BCUT2D eigenvalue weighted by Gasteiger charge is 2.23. The fourth-order valence-corrected chi connectivity index (χ4v) is 4.63. The zero-order valence-electron chi connectivity index (χ0n) is 17.2. The molecule has 0 aliphatic heterocycles. The number of sulfonamides is 1. The second kappa shape index (κ2) is 11.0. The summed E-state index contributed by atoms with van der Waals surface area (Å²) in [5.74, 6) is -0.0972. The lowest BCUT2D eigenvalue weighted by Gasteiger charge is -2.17. The lowest BCUT2D eigenvalue weighted by atomic mass is 10.1. The van der Waals surface area contributed by atoms with Gasteiger partial charge in [-0.2, -0.15) is 11.3 Å². The molecule has 1 unspecified atom stereocenters. The summed E-state index contributed by atoms with van der Waals surface area (Å²) < 4.78 is 32.8. The van der Waals surface area contributed by atoms with Crippen molar-refractivity contribution >= 4 is 33.3 Å². The molecule has 0 bridgehead atoms. The van der Waals surface area contributed by atoms with Crippen molar-refractivity contribution in [2.24, 2.45) is 0 Å². The van der Waals surface area contributed by atoms with E-state index in [0.717, 1.165) is 12.0 Å². The molecule has 30 heavy (non-hydrogen) atoms. The number of carbonyl (C=O) groups is 2. The minimum atomic E-state index is -4.17. The molecule has 3 N–H and O–H groups in total. The summed E-state index contributed by atoms with van der Waals surface area (Å²) in [7, 11) is -2.85. The summed E-state index contributed by atoms with van der Waals surface area (Å²) in [6.07, 6.45) is 1.42. The van der Waals surface area contributed by atoms with E-state index in [9.17, 15) is 18.0 Å². The van der Waals surface area contributed by atoms with Gasteiger partial charge in [0.15, 0.2) is 0 Å². The molecule has 0 spiro atoms. The summed E-state index contributed by atoms with van der Waals surface area (Å²) in [6, 6.07) is 5.52. The van der Waals surface area contributed by atoms with Crippen LogP contribution in [0.2, 0.25) is 0 Å². The third kappa shape index (κ3) is 6.46. The Morgan fingerprint density at radius 3 is 2.57 bits per heavy atom. The first-order valence-corrected chi connectivity index (χ1v) is 12.0. The maximum Gasteiger partial charge on any atom is 0.328 e. The highest BCUT2D eigenvalue weighted by atomic mass is 32.2. The Bertz CT molecular complexity index is 959. The van der Waals surface area contributed by atoms with Crippen LogP contribution in [-0.2, 0) is 21.2 Å². The van der Waals surface area contributed by atoms with E-state index in [1.165, 1.54) is 19.2 Å². The van der Waals surface area contributed by atoms with Gasteiger partial charge in [0.05, 0.1) is 19.1 Å². The third-order valence-electron chi connectivity index (χ3n) is 4.27. The molecule has 1 atom stereocenters. The molecule has 2 aromatic rings. The second-order valence-corrected chi connectivity index (χ2v) is 9.01. The lowest BCUT2D eigenvalue weighted by Crippen LogP contribution is -2.37. The maximum atomic E-state index is 12.7. The smallest absolute Gasteiger partial charge is 0.328 e. The van der Waals surface area contributed by atoms with Crippen molar-refractivity contribution in [3.63, 3.8) is 0 Å². The molecular weight excluding hydrogens is 426 g/mol. The summed E-state index contributed by atoms with van der Waals surface area (Å²) in [5, 5.41) is 9.13. The molecule has 0 fully saturated rings. The lowest BCUT2D eigenvalue weighted by molar-refractivity contribution is -0.121. The number of hydrogen-bond donors (Lipinski definition) is 3. The highest BCUT2D eigenvalue weighted by molar-refractivity contribution is 7.90. The zero-order chi connectivity index (χ0) is 22.1. The number of urea groups is 1. The van der Waals surface area contributed by atoms with Gasteiger partial charge >= 0.3 is 6.03 Å². The van der Waals surface area contributed by atoms with E-state index >= 15 is 0 Å². The van der Waals surface area contributed by atoms with Crippen LogP contribution in [0.25, 0.3) is 0 Å². The largest absolute Gasteiger partial charge is 0.492 e. The van der Waals surface area contributed by atoms with Crippen LogP contribution in [0, 0.1) is 0 Å². The topological polar surface area (TPSA) is 114 Å². The Morgan fingerprint density at radius 1 is 1.20 bits per heavy atom. The minimum absolute atomic E-state index is 0.00279. The second-order valence-electron chi connectivity index (χ2n) is 6.58. The minimum Gasteiger partial charge on any atom is -0.492 e. The van der Waals surface area contributed by atoms with Gasteiger partial charge in [-0.25, -0.2) is 17.9 Å². The van der Waals surface area contributed by atoms with E-state index in [0.29, 0.717) is 18.6 Å². The molecule has 10 heteroatoms. The van der Waals surface area contributed by atoms with Gasteiger partial charge in [-0.05, 0) is 52.9 Å². The van der Waals surface area contributed by atoms with Crippen molar-refractivity contribution in [3.05, 3.63) is 46.2 Å². The van der Waals surface area contributed by atoms with Gasteiger partial charge in [-0.15, -0.1) is 0 Å². The number of hydrogen-bond acceptors (Lipinski definition) is 6. The standard InChI is InChI=1S/C20H27N3O5S2/c1-4-9-28-17-7-6-14(11-18(17)30(26,27)23-20(25)21-3)12-19(24)22-16(5-2)15-8-10-29-13-15/h6-8,10-11,13,16H,4-5,9,12H2,1-3H3,(H,22,24)(H2,21,23,25). The first kappa shape index (κ1) is 23.7. The van der Waals surface area contributed by atoms with E-state index < -0.39 is 16.1 Å². The Morgan fingerprint density at radius 2 is 1.97 bits per heavy atom. The quantitative estimate of drug-likeness (QED) is 0.512. The van der Waals surface area contributed by atoms with Crippen molar-refractivity contribution in [1.29, 1.82) is 0 Å². The van der Waals surface area contributed by atoms with Gasteiger partial charge in [0, 0.05) is 7.05 Å². The molecule has 1 aromatic heterocycles. The predicted octanol–water partition coefficient (Wildman–Crippen LogP) is 2.96. The van der Waals surface area contributed by atoms with E-state index in [-0.39, 0.29) is 29.0 Å². The number of ether oxygens (including phenoxy) is 1. The van der Waals surface area contributed by atoms with E-state index in [1.54, 1.807) is 17.4 Å². The molecule has 0 saturated heterocycles. The Hall–Kier alpha value is -2.59. The summed E-state index contributed by atoms with van der Waals surface area (Å²) >= 11 is 1.56. The van der Waals surface area contributed by atoms with Crippen molar-refractivity contribution in [3.8, 4) is 5.75 Å².